The first-order valence-corrected chi connectivity index (χ1v) is 11.4. The second-order valence-electron chi connectivity index (χ2n) is 9.01. The summed E-state index contributed by atoms with van der Waals surface area (Å²) in [6, 6.07) is 13.5. The molecule has 1 saturated heterocycles. The van der Waals surface area contributed by atoms with Crippen LogP contribution in [0.2, 0.25) is 5.02 Å². The number of nitrogens with one attached hydrogen (secondary N) is 1. The van der Waals surface area contributed by atoms with E-state index in [0.29, 0.717) is 11.4 Å². The summed E-state index contributed by atoms with van der Waals surface area (Å²) in [5, 5.41) is 3.34. The average molecular weight is 478 g/mol. The van der Waals surface area contributed by atoms with E-state index in [4.69, 9.17) is 30.5 Å². The van der Waals surface area contributed by atoms with E-state index in [1.807, 2.05) is 32.0 Å². The molecule has 1 aliphatic heterocycles. The first-order valence-electron chi connectivity index (χ1n) is 11.0. The molecule has 6 nitrogen and oxygen atoms in total. The number of hydrogen-bond acceptors (Lipinski definition) is 5. The van der Waals surface area contributed by atoms with Gasteiger partial charge in [-0.2, -0.15) is 0 Å². The Labute approximate surface area is 198 Å². The summed E-state index contributed by atoms with van der Waals surface area (Å²) in [7, 11) is 1.59. The highest BCUT2D eigenvalue weighted by Crippen LogP contribution is 2.44. The SMILES string of the molecule is CNC(=O)[C@@]1(OCc2cccc(Cl)c2)CC(OCc2ccc(F)cc2)[C@@H]2OC(C)(C)O[C@@H]2C1. The molecule has 2 aromatic carbocycles. The van der Waals surface area contributed by atoms with Crippen LogP contribution in [0.15, 0.2) is 48.5 Å². The second kappa shape index (κ2) is 9.68. The van der Waals surface area contributed by atoms with Gasteiger partial charge in [0.2, 0.25) is 0 Å². The molecule has 1 saturated carbocycles. The lowest BCUT2D eigenvalue weighted by molar-refractivity contribution is -0.183. The Morgan fingerprint density at radius 2 is 1.88 bits per heavy atom. The lowest BCUT2D eigenvalue weighted by atomic mass is 9.78. The Morgan fingerprint density at radius 3 is 2.58 bits per heavy atom. The molecule has 1 amide bonds. The number of halogens is 2. The van der Waals surface area contributed by atoms with E-state index in [2.05, 4.69) is 5.32 Å². The summed E-state index contributed by atoms with van der Waals surface area (Å²) >= 11 is 6.11. The quantitative estimate of drug-likeness (QED) is 0.641. The van der Waals surface area contributed by atoms with Crippen molar-refractivity contribution in [2.45, 2.75) is 69.6 Å². The van der Waals surface area contributed by atoms with Crippen LogP contribution in [0.25, 0.3) is 0 Å². The second-order valence-corrected chi connectivity index (χ2v) is 9.45. The third-order valence-electron chi connectivity index (χ3n) is 6.07. The molecule has 33 heavy (non-hydrogen) atoms. The fraction of sp³-hybridized carbons (Fsp3) is 0.480. The molecule has 4 rings (SSSR count). The molecular formula is C25H29ClFNO5. The Kier molecular flexibility index (Phi) is 7.07. The zero-order valence-corrected chi connectivity index (χ0v) is 19.7. The van der Waals surface area contributed by atoms with Crippen molar-refractivity contribution in [1.82, 2.24) is 5.32 Å². The van der Waals surface area contributed by atoms with Gasteiger partial charge in [-0.05, 0) is 49.2 Å². The highest BCUT2D eigenvalue weighted by molar-refractivity contribution is 6.30. The highest BCUT2D eigenvalue weighted by Gasteiger charge is 2.57. The van der Waals surface area contributed by atoms with E-state index in [1.54, 1.807) is 25.2 Å². The molecule has 1 heterocycles. The van der Waals surface area contributed by atoms with E-state index in [9.17, 15) is 9.18 Å². The molecule has 2 fully saturated rings. The van der Waals surface area contributed by atoms with Gasteiger partial charge in [0, 0.05) is 24.9 Å². The highest BCUT2D eigenvalue weighted by atomic mass is 35.5. The molecule has 2 aromatic rings. The predicted octanol–water partition coefficient (Wildman–Crippen LogP) is 4.38. The predicted molar refractivity (Wildman–Crippen MR) is 121 cm³/mol. The maximum Gasteiger partial charge on any atom is 0.252 e. The van der Waals surface area contributed by atoms with Gasteiger partial charge in [0.15, 0.2) is 11.4 Å². The number of carbonyl (C=O) groups excluding carboxylic acids is 1. The maximum absolute atomic E-state index is 13.3. The van der Waals surface area contributed by atoms with E-state index < -0.39 is 17.5 Å². The number of ether oxygens (including phenoxy) is 4. The van der Waals surface area contributed by atoms with Crippen LogP contribution in [-0.4, -0.2) is 42.7 Å². The summed E-state index contributed by atoms with van der Waals surface area (Å²) < 4.78 is 38.1. The van der Waals surface area contributed by atoms with Crippen molar-refractivity contribution in [1.29, 1.82) is 0 Å². The molecule has 2 aliphatic rings. The zero-order chi connectivity index (χ0) is 23.6. The van der Waals surface area contributed by atoms with Crippen LogP contribution in [-0.2, 0) is 37.0 Å². The topological polar surface area (TPSA) is 66.0 Å². The summed E-state index contributed by atoms with van der Waals surface area (Å²) in [6.07, 6.45) is -0.587. The summed E-state index contributed by atoms with van der Waals surface area (Å²) in [5.41, 5.74) is 0.512. The summed E-state index contributed by atoms with van der Waals surface area (Å²) in [4.78, 5) is 13.1. The summed E-state index contributed by atoms with van der Waals surface area (Å²) in [5.74, 6) is -1.36. The van der Waals surface area contributed by atoms with Crippen LogP contribution in [0.5, 0.6) is 0 Å². The van der Waals surface area contributed by atoms with Crippen LogP contribution in [0.3, 0.4) is 0 Å². The molecule has 0 aromatic heterocycles. The van der Waals surface area contributed by atoms with Crippen molar-refractivity contribution in [3.8, 4) is 0 Å². The van der Waals surface area contributed by atoms with Crippen molar-refractivity contribution in [3.05, 3.63) is 70.5 Å². The molecule has 1 unspecified atom stereocenters. The molecule has 1 aliphatic carbocycles. The monoisotopic (exact) mass is 477 g/mol. The van der Waals surface area contributed by atoms with Gasteiger partial charge in [0.25, 0.3) is 5.91 Å². The minimum atomic E-state index is -1.17. The fourth-order valence-electron chi connectivity index (χ4n) is 4.57. The number of amides is 1. The van der Waals surface area contributed by atoms with Crippen LogP contribution in [0, 0.1) is 5.82 Å². The Bertz CT molecular complexity index is 985. The van der Waals surface area contributed by atoms with E-state index in [-0.39, 0.29) is 43.6 Å². The standard InChI is InChI=1S/C25H29ClFNO5/c1-24(2)32-21-13-25(23(29)28-3,31-15-17-5-4-6-18(26)11-17)12-20(22(21)33-24)30-14-16-7-9-19(27)10-8-16/h4-11,20-22H,12-15H2,1-3H3,(H,28,29)/t20?,21-,22+,25-/m1/s1. The molecule has 178 valence electrons. The van der Waals surface area contributed by atoms with Gasteiger partial charge in [-0.25, -0.2) is 4.39 Å². The van der Waals surface area contributed by atoms with Crippen LogP contribution in [0.4, 0.5) is 4.39 Å². The lowest BCUT2D eigenvalue weighted by Gasteiger charge is -2.43. The number of rotatable bonds is 7. The number of carbonyl (C=O) groups is 1. The van der Waals surface area contributed by atoms with Crippen molar-refractivity contribution in [2.24, 2.45) is 0 Å². The minimum Gasteiger partial charge on any atom is -0.371 e. The molecule has 0 radical (unpaired) electrons. The minimum absolute atomic E-state index is 0.209. The van der Waals surface area contributed by atoms with Crippen LogP contribution >= 0.6 is 11.6 Å². The van der Waals surface area contributed by atoms with Crippen LogP contribution < -0.4 is 5.32 Å². The number of hydrogen-bond donors (Lipinski definition) is 1. The number of fused-ring (bicyclic) bond motifs is 1. The largest absolute Gasteiger partial charge is 0.371 e. The number of benzene rings is 2. The van der Waals surface area contributed by atoms with Gasteiger partial charge < -0.3 is 24.3 Å². The van der Waals surface area contributed by atoms with Crippen molar-refractivity contribution >= 4 is 17.5 Å². The van der Waals surface area contributed by atoms with Crippen LogP contribution in [0.1, 0.15) is 37.8 Å². The Hall–Kier alpha value is -2.03. The summed E-state index contributed by atoms with van der Waals surface area (Å²) in [6.45, 7) is 4.14. The molecular weight excluding hydrogens is 449 g/mol. The molecule has 0 bridgehead atoms. The van der Waals surface area contributed by atoms with Gasteiger partial charge in [-0.3, -0.25) is 4.79 Å². The molecule has 4 atom stereocenters. The lowest BCUT2D eigenvalue weighted by Crippen LogP contribution is -2.59. The van der Waals surface area contributed by atoms with Gasteiger partial charge in [-0.15, -0.1) is 0 Å². The third kappa shape index (κ3) is 5.55. The Balaban J connectivity index is 1.57. The van der Waals surface area contributed by atoms with Gasteiger partial charge in [0.1, 0.15) is 11.9 Å². The van der Waals surface area contributed by atoms with E-state index in [0.717, 1.165) is 11.1 Å². The maximum atomic E-state index is 13.3. The Morgan fingerprint density at radius 1 is 1.12 bits per heavy atom. The first kappa shape index (κ1) is 24.1. The molecule has 1 N–H and O–H groups in total. The van der Waals surface area contributed by atoms with E-state index in [1.165, 1.54) is 12.1 Å². The normalized spacial score (nSPS) is 28.3. The van der Waals surface area contributed by atoms with Gasteiger partial charge in [0.05, 0.1) is 25.4 Å². The van der Waals surface area contributed by atoms with Crippen molar-refractivity contribution in [2.75, 3.05) is 7.05 Å². The van der Waals surface area contributed by atoms with Gasteiger partial charge >= 0.3 is 0 Å². The smallest absolute Gasteiger partial charge is 0.252 e. The number of likely N-dealkylation sites (N-methyl/N-ethyl adjacent to an activating group) is 1. The zero-order valence-electron chi connectivity index (χ0n) is 19.0. The average Bonchev–Trinajstić information content (AvgIpc) is 3.10. The van der Waals surface area contributed by atoms with E-state index >= 15 is 0 Å². The van der Waals surface area contributed by atoms with Gasteiger partial charge in [-0.1, -0.05) is 35.9 Å². The molecule has 8 heteroatoms. The molecule has 0 spiro atoms. The van der Waals surface area contributed by atoms with Crippen molar-refractivity contribution < 1.29 is 28.1 Å². The van der Waals surface area contributed by atoms with Crippen molar-refractivity contribution in [3.63, 3.8) is 0 Å². The fourth-order valence-corrected chi connectivity index (χ4v) is 4.78. The first-order chi connectivity index (χ1) is 15.7. The third-order valence-corrected chi connectivity index (χ3v) is 6.31.